The molecule has 166 valence electrons. The van der Waals surface area contributed by atoms with E-state index in [0.717, 1.165) is 11.3 Å². The van der Waals surface area contributed by atoms with E-state index in [1.807, 2.05) is 13.8 Å². The highest BCUT2D eigenvalue weighted by Gasteiger charge is 2.32. The Labute approximate surface area is 188 Å². The van der Waals surface area contributed by atoms with Crippen molar-refractivity contribution < 1.29 is 22.9 Å². The number of halogens is 1. The van der Waals surface area contributed by atoms with E-state index in [4.69, 9.17) is 4.74 Å². The van der Waals surface area contributed by atoms with Crippen LogP contribution in [0.15, 0.2) is 51.2 Å². The van der Waals surface area contributed by atoms with Gasteiger partial charge in [0.25, 0.3) is 5.91 Å². The van der Waals surface area contributed by atoms with Crippen molar-refractivity contribution in [3.8, 4) is 17.0 Å². The minimum atomic E-state index is -3.45. The third kappa shape index (κ3) is 3.96. The predicted molar refractivity (Wildman–Crippen MR) is 120 cm³/mol. The molecule has 11 heteroatoms. The number of fused-ring (bicyclic) bond motifs is 1. The summed E-state index contributed by atoms with van der Waals surface area (Å²) in [7, 11) is -1.98. The van der Waals surface area contributed by atoms with Crippen LogP contribution >= 0.6 is 11.3 Å². The number of rotatable bonds is 5. The lowest BCUT2D eigenvalue weighted by atomic mass is 9.94. The summed E-state index contributed by atoms with van der Waals surface area (Å²) in [5.74, 6) is -0.923. The fraction of sp³-hybridized carbons (Fsp3) is 0.190. The largest absolute Gasteiger partial charge is 0.481 e. The Hall–Kier alpha value is -3.31. The van der Waals surface area contributed by atoms with Crippen LogP contribution in [0.5, 0.6) is 5.88 Å². The first kappa shape index (κ1) is 21.9. The average Bonchev–Trinajstić information content (AvgIpc) is 3.33. The number of pyridine rings is 1. The van der Waals surface area contributed by atoms with Crippen LogP contribution < -0.4 is 14.8 Å². The summed E-state index contributed by atoms with van der Waals surface area (Å²) < 4.78 is 38.7. The van der Waals surface area contributed by atoms with E-state index in [9.17, 15) is 18.2 Å². The van der Waals surface area contributed by atoms with Gasteiger partial charge in [-0.1, -0.05) is 13.8 Å². The molecule has 1 unspecified atom stereocenters. The number of nitrogens with one attached hydrogen (secondary N) is 2. The molecular formula is C21H19FN4O4S2. The van der Waals surface area contributed by atoms with Gasteiger partial charge in [-0.15, -0.1) is 15.7 Å². The quantitative estimate of drug-likeness (QED) is 0.552. The zero-order valence-electron chi connectivity index (χ0n) is 17.3. The summed E-state index contributed by atoms with van der Waals surface area (Å²) in [6, 6.07) is 6.57. The molecule has 1 aliphatic heterocycles. The number of benzene rings is 1. The Morgan fingerprint density at radius 3 is 2.75 bits per heavy atom. The first-order valence-corrected chi connectivity index (χ1v) is 11.9. The number of hydrogen-bond acceptors (Lipinski definition) is 6. The second-order valence-electron chi connectivity index (χ2n) is 7.25. The lowest BCUT2D eigenvalue weighted by Gasteiger charge is -2.19. The lowest BCUT2D eigenvalue weighted by Crippen LogP contribution is -2.34. The first-order chi connectivity index (χ1) is 15.2. The Kier molecular flexibility index (Phi) is 5.70. The smallest absolute Gasteiger partial charge is 0.331 e. The van der Waals surface area contributed by atoms with E-state index in [2.05, 4.69) is 19.4 Å². The van der Waals surface area contributed by atoms with Crippen molar-refractivity contribution in [2.45, 2.75) is 24.7 Å². The van der Waals surface area contributed by atoms with Crippen LogP contribution in [0.25, 0.3) is 11.1 Å². The Balaban J connectivity index is 1.75. The highest BCUT2D eigenvalue weighted by Crippen LogP contribution is 2.37. The molecule has 2 N–H and O–H groups in total. The van der Waals surface area contributed by atoms with Crippen LogP contribution in [0, 0.1) is 5.82 Å². The van der Waals surface area contributed by atoms with Crippen molar-refractivity contribution in [1.29, 1.82) is 0 Å². The van der Waals surface area contributed by atoms with Gasteiger partial charge in [0, 0.05) is 17.8 Å². The van der Waals surface area contributed by atoms with E-state index < -0.39 is 27.7 Å². The number of amides is 3. The molecule has 8 nitrogen and oxygen atoms in total. The topological polar surface area (TPSA) is 110 Å². The molecular weight excluding hydrogens is 455 g/mol. The van der Waals surface area contributed by atoms with Crippen LogP contribution in [0.1, 0.15) is 35.0 Å². The van der Waals surface area contributed by atoms with E-state index in [1.54, 1.807) is 17.5 Å². The van der Waals surface area contributed by atoms with Gasteiger partial charge in [-0.2, -0.15) is 0 Å². The van der Waals surface area contributed by atoms with Crippen molar-refractivity contribution in [2.75, 3.05) is 12.4 Å². The van der Waals surface area contributed by atoms with Crippen molar-refractivity contribution in [2.24, 2.45) is 4.36 Å². The van der Waals surface area contributed by atoms with Crippen LogP contribution in [0.3, 0.4) is 0 Å². The highest BCUT2D eigenvalue weighted by molar-refractivity contribution is 7.93. The number of nitrogens with zero attached hydrogens (tertiary/aromatic N) is 2. The number of carbonyl (C=O) groups excluding carboxylic acids is 2. The zero-order chi connectivity index (χ0) is 23.0. The Bertz CT molecular complexity index is 1360. The SMILES string of the molecule is COc1cc(-c2cc(F)cc(C(C)C)c2NC(=O)NS2(=O)=NC(=O)c3sccc32)ccn1. The number of hydrogen-bond donors (Lipinski definition) is 2. The molecule has 0 bridgehead atoms. The molecule has 1 aromatic carbocycles. The van der Waals surface area contributed by atoms with Gasteiger partial charge in [0.1, 0.15) is 10.7 Å². The van der Waals surface area contributed by atoms with E-state index in [-0.39, 0.29) is 15.7 Å². The maximum atomic E-state index is 14.5. The van der Waals surface area contributed by atoms with Gasteiger partial charge < -0.3 is 10.1 Å². The molecule has 1 atom stereocenters. The number of anilines is 1. The minimum absolute atomic E-state index is 0.140. The number of thiophene rings is 1. The maximum absolute atomic E-state index is 14.5. The van der Waals surface area contributed by atoms with E-state index in [0.29, 0.717) is 28.3 Å². The zero-order valence-corrected chi connectivity index (χ0v) is 19.0. The van der Waals surface area contributed by atoms with Gasteiger partial charge in [0.2, 0.25) is 5.88 Å². The van der Waals surface area contributed by atoms with Crippen LogP contribution in [-0.2, 0) is 9.92 Å². The van der Waals surface area contributed by atoms with Crippen LogP contribution in [0.4, 0.5) is 14.9 Å². The standard InChI is InChI=1S/C21H19FN4O4S2/c1-11(2)14-9-13(22)10-15(12-4-6-23-17(8-12)30-3)18(14)24-21(28)26-32(29)16-5-7-31-19(16)20(27)25-32/h4-11H,1-3H3,(H2,24,25,26,27,28,29). The maximum Gasteiger partial charge on any atom is 0.331 e. The summed E-state index contributed by atoms with van der Waals surface area (Å²) in [6.07, 6.45) is 1.51. The molecule has 2 aromatic heterocycles. The predicted octanol–water partition coefficient (Wildman–Crippen LogP) is 4.80. The summed E-state index contributed by atoms with van der Waals surface area (Å²) in [5.41, 5.74) is 1.84. The molecule has 0 spiro atoms. The molecule has 3 amide bonds. The molecule has 3 aromatic rings. The number of aromatic nitrogens is 1. The van der Waals surface area contributed by atoms with Gasteiger partial charge in [0.05, 0.1) is 17.7 Å². The number of carbonyl (C=O) groups is 2. The van der Waals surface area contributed by atoms with Gasteiger partial charge in [0.15, 0.2) is 9.92 Å². The molecule has 1 aliphatic rings. The summed E-state index contributed by atoms with van der Waals surface area (Å²) in [6.45, 7) is 3.72. The fourth-order valence-electron chi connectivity index (χ4n) is 3.36. The van der Waals surface area contributed by atoms with Crippen LogP contribution in [-0.4, -0.2) is 28.2 Å². The van der Waals surface area contributed by atoms with E-state index >= 15 is 0 Å². The summed E-state index contributed by atoms with van der Waals surface area (Å²) in [5, 5.41) is 4.30. The fourth-order valence-corrected chi connectivity index (χ4v) is 6.13. The van der Waals surface area contributed by atoms with Gasteiger partial charge >= 0.3 is 6.03 Å². The number of ether oxygens (including phenoxy) is 1. The molecule has 0 saturated carbocycles. The van der Waals surface area contributed by atoms with Crippen molar-refractivity contribution in [3.63, 3.8) is 0 Å². The summed E-state index contributed by atoms with van der Waals surface area (Å²) in [4.78, 5) is 29.4. The number of urea groups is 1. The van der Waals surface area contributed by atoms with Gasteiger partial charge in [-0.3, -0.25) is 4.79 Å². The van der Waals surface area contributed by atoms with Crippen molar-refractivity contribution in [1.82, 2.24) is 9.71 Å². The van der Waals surface area contributed by atoms with Gasteiger partial charge in [-0.25, -0.2) is 23.1 Å². The summed E-state index contributed by atoms with van der Waals surface area (Å²) >= 11 is 1.11. The molecule has 0 fully saturated rings. The highest BCUT2D eigenvalue weighted by atomic mass is 32.2. The minimum Gasteiger partial charge on any atom is -0.481 e. The van der Waals surface area contributed by atoms with E-state index in [1.165, 1.54) is 31.5 Å². The second kappa shape index (κ2) is 8.32. The number of methoxy groups -OCH3 is 1. The Morgan fingerprint density at radius 2 is 2.03 bits per heavy atom. The lowest BCUT2D eigenvalue weighted by molar-refractivity contribution is 0.101. The Morgan fingerprint density at radius 1 is 1.25 bits per heavy atom. The molecule has 0 aliphatic carbocycles. The van der Waals surface area contributed by atoms with Crippen molar-refractivity contribution in [3.05, 3.63) is 58.2 Å². The van der Waals surface area contributed by atoms with Crippen molar-refractivity contribution >= 4 is 38.9 Å². The molecule has 0 saturated heterocycles. The second-order valence-corrected chi connectivity index (χ2v) is 10.0. The monoisotopic (exact) mass is 474 g/mol. The normalized spacial score (nSPS) is 17.1. The molecule has 3 heterocycles. The molecule has 0 radical (unpaired) electrons. The van der Waals surface area contributed by atoms with Gasteiger partial charge in [-0.05, 0) is 46.7 Å². The third-order valence-corrected chi connectivity index (χ3v) is 7.67. The first-order valence-electron chi connectivity index (χ1n) is 9.53. The average molecular weight is 475 g/mol. The molecule has 4 rings (SSSR count). The molecule has 32 heavy (non-hydrogen) atoms. The third-order valence-electron chi connectivity index (χ3n) is 4.81. The van der Waals surface area contributed by atoms with Crippen LogP contribution in [0.2, 0.25) is 0 Å².